The lowest BCUT2D eigenvalue weighted by Crippen LogP contribution is -2.26. The number of anilines is 1. The van der Waals surface area contributed by atoms with E-state index in [0.717, 1.165) is 23.6 Å². The van der Waals surface area contributed by atoms with Gasteiger partial charge < -0.3 is 10.6 Å². The zero-order valence-electron chi connectivity index (χ0n) is 9.82. The largest absolute Gasteiger partial charge is 0.350 e. The summed E-state index contributed by atoms with van der Waals surface area (Å²) in [4.78, 5) is 6.94. The van der Waals surface area contributed by atoms with E-state index in [-0.39, 0.29) is 0 Å². The smallest absolute Gasteiger partial charge is 0.129 e. The number of aromatic nitrogens is 1. The predicted octanol–water partition coefficient (Wildman–Crippen LogP) is 2.00. The van der Waals surface area contributed by atoms with Gasteiger partial charge in [0.2, 0.25) is 0 Å². The lowest BCUT2D eigenvalue weighted by Gasteiger charge is -2.22. The lowest BCUT2D eigenvalue weighted by atomic mass is 10.2. The van der Waals surface area contributed by atoms with Crippen molar-refractivity contribution < 1.29 is 0 Å². The van der Waals surface area contributed by atoms with Crippen molar-refractivity contribution in [2.75, 3.05) is 11.4 Å². The quantitative estimate of drug-likeness (QED) is 0.767. The number of nitrogens with two attached hydrogens (primary N) is 1. The van der Waals surface area contributed by atoms with Crippen LogP contribution in [0.5, 0.6) is 0 Å². The van der Waals surface area contributed by atoms with E-state index in [0.29, 0.717) is 12.6 Å². The first kappa shape index (κ1) is 11.1. The minimum Gasteiger partial charge on any atom is -0.350 e. The molecule has 0 spiro atoms. The van der Waals surface area contributed by atoms with Crippen LogP contribution in [0.25, 0.3) is 0 Å². The van der Waals surface area contributed by atoms with E-state index < -0.39 is 0 Å². The van der Waals surface area contributed by atoms with Gasteiger partial charge in [0.25, 0.3) is 0 Å². The van der Waals surface area contributed by atoms with Gasteiger partial charge in [-0.1, -0.05) is 12.1 Å². The Balaban J connectivity index is 2.23. The predicted molar refractivity (Wildman–Crippen MR) is 67.4 cm³/mol. The molecule has 0 bridgehead atoms. The molecule has 0 radical (unpaired) electrons. The first-order valence-corrected chi connectivity index (χ1v) is 5.80. The summed E-state index contributed by atoms with van der Waals surface area (Å²) in [5.41, 5.74) is 7.80. The van der Waals surface area contributed by atoms with E-state index in [4.69, 9.17) is 5.73 Å². The minimum atomic E-state index is 0.560. The van der Waals surface area contributed by atoms with Gasteiger partial charge in [-0.2, -0.15) is 0 Å². The Bertz CT molecular complexity index is 383. The molecule has 0 aliphatic heterocycles. The molecule has 86 valence electrons. The summed E-state index contributed by atoms with van der Waals surface area (Å²) in [6.45, 7) is 7.26. The average molecular weight is 217 g/mol. The van der Waals surface area contributed by atoms with Crippen LogP contribution in [0.4, 0.5) is 5.82 Å². The number of aryl methyl sites for hydroxylation is 1. The zero-order valence-corrected chi connectivity index (χ0v) is 9.82. The van der Waals surface area contributed by atoms with Crippen LogP contribution in [-0.2, 0) is 6.54 Å². The van der Waals surface area contributed by atoms with Gasteiger partial charge in [-0.3, -0.25) is 0 Å². The van der Waals surface area contributed by atoms with Crippen LogP contribution in [0.15, 0.2) is 24.8 Å². The molecule has 0 atom stereocenters. The standard InChI is InChI=1S/C13H19N3/c1-3-8-16(12-5-6-12)13-7-4-11(9-14)10(2)15-13/h3-4,7,12H,1,5-6,8-9,14H2,2H3. The maximum Gasteiger partial charge on any atom is 0.129 e. The van der Waals surface area contributed by atoms with Crippen LogP contribution < -0.4 is 10.6 Å². The second kappa shape index (κ2) is 4.66. The van der Waals surface area contributed by atoms with Crippen molar-refractivity contribution in [3.05, 3.63) is 36.0 Å². The molecule has 1 aliphatic carbocycles. The van der Waals surface area contributed by atoms with Crippen LogP contribution in [0.3, 0.4) is 0 Å². The van der Waals surface area contributed by atoms with Crippen LogP contribution in [0, 0.1) is 6.92 Å². The van der Waals surface area contributed by atoms with Crippen molar-refractivity contribution in [1.82, 2.24) is 4.98 Å². The highest BCUT2D eigenvalue weighted by Crippen LogP contribution is 2.30. The van der Waals surface area contributed by atoms with Crippen molar-refractivity contribution in [1.29, 1.82) is 0 Å². The van der Waals surface area contributed by atoms with Crippen molar-refractivity contribution in [2.45, 2.75) is 32.4 Å². The molecule has 1 aromatic heterocycles. The molecule has 0 saturated heterocycles. The Kier molecular flexibility index (Phi) is 3.25. The maximum absolute atomic E-state index is 5.64. The topological polar surface area (TPSA) is 42.1 Å². The molecule has 1 heterocycles. The minimum absolute atomic E-state index is 0.560. The van der Waals surface area contributed by atoms with Gasteiger partial charge in [-0.15, -0.1) is 6.58 Å². The molecule has 1 fully saturated rings. The summed E-state index contributed by atoms with van der Waals surface area (Å²) in [5, 5.41) is 0. The average Bonchev–Trinajstić information content (AvgIpc) is 3.09. The van der Waals surface area contributed by atoms with Gasteiger partial charge in [0.05, 0.1) is 0 Å². The molecular formula is C13H19N3. The van der Waals surface area contributed by atoms with Crippen LogP contribution >= 0.6 is 0 Å². The molecule has 3 heteroatoms. The number of pyridine rings is 1. The molecule has 0 amide bonds. The molecule has 2 rings (SSSR count). The van der Waals surface area contributed by atoms with Crippen molar-refractivity contribution in [3.8, 4) is 0 Å². The van der Waals surface area contributed by atoms with E-state index in [1.165, 1.54) is 12.8 Å². The molecule has 2 N–H and O–H groups in total. The molecule has 1 saturated carbocycles. The third-order valence-corrected chi connectivity index (χ3v) is 3.01. The summed E-state index contributed by atoms with van der Waals surface area (Å²) in [7, 11) is 0. The number of nitrogens with zero attached hydrogens (tertiary/aromatic N) is 2. The summed E-state index contributed by atoms with van der Waals surface area (Å²) < 4.78 is 0. The summed E-state index contributed by atoms with van der Waals surface area (Å²) in [6, 6.07) is 4.81. The fourth-order valence-corrected chi connectivity index (χ4v) is 1.91. The summed E-state index contributed by atoms with van der Waals surface area (Å²) in [6.07, 6.45) is 4.48. The van der Waals surface area contributed by atoms with Crippen LogP contribution in [-0.4, -0.2) is 17.6 Å². The molecular weight excluding hydrogens is 198 g/mol. The zero-order chi connectivity index (χ0) is 11.5. The highest BCUT2D eigenvalue weighted by molar-refractivity contribution is 5.44. The SMILES string of the molecule is C=CCN(c1ccc(CN)c(C)n1)C1CC1. The molecule has 0 aromatic carbocycles. The Morgan fingerprint density at radius 1 is 1.56 bits per heavy atom. The van der Waals surface area contributed by atoms with Crippen molar-refractivity contribution >= 4 is 5.82 Å². The Hall–Kier alpha value is -1.35. The molecule has 3 nitrogen and oxygen atoms in total. The molecule has 0 unspecified atom stereocenters. The lowest BCUT2D eigenvalue weighted by molar-refractivity contribution is 0.833. The highest BCUT2D eigenvalue weighted by atomic mass is 15.2. The fourth-order valence-electron chi connectivity index (χ4n) is 1.91. The third-order valence-electron chi connectivity index (χ3n) is 3.01. The number of hydrogen-bond acceptors (Lipinski definition) is 3. The third kappa shape index (κ3) is 2.25. The first-order chi connectivity index (χ1) is 7.76. The fraction of sp³-hybridized carbons (Fsp3) is 0.462. The number of hydrogen-bond donors (Lipinski definition) is 1. The first-order valence-electron chi connectivity index (χ1n) is 5.80. The van der Waals surface area contributed by atoms with Gasteiger partial charge >= 0.3 is 0 Å². The van der Waals surface area contributed by atoms with E-state index in [1.54, 1.807) is 0 Å². The Labute approximate surface area is 97.0 Å². The van der Waals surface area contributed by atoms with Gasteiger partial charge in [-0.25, -0.2) is 4.98 Å². The normalized spacial score (nSPS) is 14.9. The molecule has 1 aliphatic rings. The van der Waals surface area contributed by atoms with E-state index in [9.17, 15) is 0 Å². The summed E-state index contributed by atoms with van der Waals surface area (Å²) >= 11 is 0. The van der Waals surface area contributed by atoms with E-state index in [1.807, 2.05) is 13.0 Å². The van der Waals surface area contributed by atoms with Crippen LogP contribution in [0.1, 0.15) is 24.1 Å². The summed E-state index contributed by atoms with van der Waals surface area (Å²) in [5.74, 6) is 1.05. The van der Waals surface area contributed by atoms with Gasteiger partial charge in [0, 0.05) is 24.8 Å². The Morgan fingerprint density at radius 3 is 2.81 bits per heavy atom. The van der Waals surface area contributed by atoms with E-state index >= 15 is 0 Å². The maximum atomic E-state index is 5.64. The number of rotatable bonds is 5. The molecule has 16 heavy (non-hydrogen) atoms. The second-order valence-corrected chi connectivity index (χ2v) is 4.29. The molecule has 1 aromatic rings. The van der Waals surface area contributed by atoms with Crippen molar-refractivity contribution in [3.63, 3.8) is 0 Å². The second-order valence-electron chi connectivity index (χ2n) is 4.29. The van der Waals surface area contributed by atoms with Gasteiger partial charge in [0.15, 0.2) is 0 Å². The van der Waals surface area contributed by atoms with E-state index in [2.05, 4.69) is 28.6 Å². The monoisotopic (exact) mass is 217 g/mol. The van der Waals surface area contributed by atoms with Crippen molar-refractivity contribution in [2.24, 2.45) is 5.73 Å². The van der Waals surface area contributed by atoms with Crippen LogP contribution in [0.2, 0.25) is 0 Å². The highest BCUT2D eigenvalue weighted by Gasteiger charge is 2.29. The Morgan fingerprint density at radius 2 is 2.31 bits per heavy atom. The van der Waals surface area contributed by atoms with Gasteiger partial charge in [-0.05, 0) is 31.4 Å². The van der Waals surface area contributed by atoms with Gasteiger partial charge in [0.1, 0.15) is 5.82 Å².